The molecule has 0 aliphatic carbocycles. The van der Waals surface area contributed by atoms with Crippen LogP contribution in [0, 0.1) is 5.41 Å². The first kappa shape index (κ1) is 17.4. The van der Waals surface area contributed by atoms with Crippen LogP contribution in [-0.2, 0) is 16.1 Å². The second kappa shape index (κ2) is 6.48. The molecule has 0 radical (unpaired) electrons. The lowest BCUT2D eigenvalue weighted by molar-refractivity contribution is -0.130. The van der Waals surface area contributed by atoms with Crippen molar-refractivity contribution in [2.45, 2.75) is 33.4 Å². The van der Waals surface area contributed by atoms with Gasteiger partial charge in [0.05, 0.1) is 11.6 Å². The predicted octanol–water partition coefficient (Wildman–Crippen LogP) is 4.26. The van der Waals surface area contributed by atoms with E-state index in [4.69, 9.17) is 0 Å². The van der Waals surface area contributed by atoms with E-state index in [1.54, 1.807) is 25.7 Å². The van der Waals surface area contributed by atoms with Crippen LogP contribution < -0.4 is 0 Å². The van der Waals surface area contributed by atoms with Crippen molar-refractivity contribution in [1.82, 2.24) is 4.90 Å². The molecule has 1 N–H and O–H groups in total. The Labute approximate surface area is 151 Å². The highest BCUT2D eigenvalue weighted by molar-refractivity contribution is 7.10. The quantitative estimate of drug-likeness (QED) is 0.891. The molecule has 1 aromatic heterocycles. The van der Waals surface area contributed by atoms with E-state index in [0.717, 1.165) is 10.4 Å². The molecule has 25 heavy (non-hydrogen) atoms. The third-order valence-corrected chi connectivity index (χ3v) is 5.16. The third-order valence-electron chi connectivity index (χ3n) is 4.24. The van der Waals surface area contributed by atoms with Crippen LogP contribution in [0.25, 0.3) is 0 Å². The Morgan fingerprint density at radius 1 is 1.16 bits per heavy atom. The Kier molecular flexibility index (Phi) is 4.52. The first-order chi connectivity index (χ1) is 11.8. The normalized spacial score (nSPS) is 18.1. The summed E-state index contributed by atoms with van der Waals surface area (Å²) in [5, 5.41) is 12.4. The summed E-state index contributed by atoms with van der Waals surface area (Å²) in [5.74, 6) is -1.11. The average Bonchev–Trinajstić information content (AvgIpc) is 3.17. The first-order valence-electron chi connectivity index (χ1n) is 8.17. The SMILES string of the molecule is CC(C)(C)C(=O)C1=C(O)C(=O)N(Cc2ccccc2)C1c1cccs1. The van der Waals surface area contributed by atoms with Crippen LogP contribution in [0.15, 0.2) is 59.2 Å². The number of ketones is 1. The maximum absolute atomic E-state index is 12.9. The average molecular weight is 355 g/mol. The van der Waals surface area contributed by atoms with Gasteiger partial charge in [0.25, 0.3) is 5.91 Å². The van der Waals surface area contributed by atoms with Gasteiger partial charge in [-0.2, -0.15) is 0 Å². The minimum atomic E-state index is -0.679. The van der Waals surface area contributed by atoms with E-state index in [9.17, 15) is 14.7 Å². The van der Waals surface area contributed by atoms with Crippen LogP contribution in [0.5, 0.6) is 0 Å². The predicted molar refractivity (Wildman–Crippen MR) is 98.2 cm³/mol. The first-order valence-corrected chi connectivity index (χ1v) is 9.05. The Bertz CT molecular complexity index is 816. The number of carbonyl (C=O) groups excluding carboxylic acids is 2. The number of benzene rings is 1. The van der Waals surface area contributed by atoms with Gasteiger partial charge < -0.3 is 10.0 Å². The minimum Gasteiger partial charge on any atom is -0.503 e. The van der Waals surface area contributed by atoms with Crippen molar-refractivity contribution in [1.29, 1.82) is 0 Å². The fraction of sp³-hybridized carbons (Fsp3) is 0.300. The molecule has 1 unspecified atom stereocenters. The number of amides is 1. The van der Waals surface area contributed by atoms with Gasteiger partial charge in [0.15, 0.2) is 11.5 Å². The maximum atomic E-state index is 12.9. The molecule has 1 aromatic carbocycles. The van der Waals surface area contributed by atoms with Gasteiger partial charge in [-0.05, 0) is 17.0 Å². The number of aliphatic hydroxyl groups excluding tert-OH is 1. The molecular formula is C20H21NO3S. The van der Waals surface area contributed by atoms with Crippen LogP contribution in [0.3, 0.4) is 0 Å². The number of rotatable bonds is 4. The van der Waals surface area contributed by atoms with Crippen LogP contribution in [0.2, 0.25) is 0 Å². The van der Waals surface area contributed by atoms with Crippen LogP contribution in [0.4, 0.5) is 0 Å². The van der Waals surface area contributed by atoms with Gasteiger partial charge >= 0.3 is 0 Å². The van der Waals surface area contributed by atoms with E-state index < -0.39 is 23.1 Å². The summed E-state index contributed by atoms with van der Waals surface area (Å²) < 4.78 is 0. The second-order valence-electron chi connectivity index (χ2n) is 7.18. The molecule has 1 aliphatic heterocycles. The molecule has 0 bridgehead atoms. The molecule has 2 aromatic rings. The summed E-state index contributed by atoms with van der Waals surface area (Å²) in [6, 6.07) is 12.8. The Balaban J connectivity index is 2.05. The largest absolute Gasteiger partial charge is 0.503 e. The number of hydrogen-bond donors (Lipinski definition) is 1. The van der Waals surface area contributed by atoms with Gasteiger partial charge in [-0.3, -0.25) is 9.59 Å². The molecule has 0 saturated carbocycles. The van der Waals surface area contributed by atoms with Crippen LogP contribution in [-0.4, -0.2) is 21.7 Å². The highest BCUT2D eigenvalue weighted by Gasteiger charge is 2.46. The van der Waals surface area contributed by atoms with Crippen molar-refractivity contribution in [3.05, 3.63) is 69.6 Å². The Hall–Kier alpha value is -2.40. The zero-order valence-corrected chi connectivity index (χ0v) is 15.3. The number of nitrogens with zero attached hydrogens (tertiary/aromatic N) is 1. The van der Waals surface area contributed by atoms with Crippen molar-refractivity contribution >= 4 is 23.0 Å². The number of hydrogen-bond acceptors (Lipinski definition) is 4. The van der Waals surface area contributed by atoms with E-state index >= 15 is 0 Å². The molecule has 3 rings (SSSR count). The molecule has 130 valence electrons. The van der Waals surface area contributed by atoms with E-state index in [1.807, 2.05) is 47.8 Å². The van der Waals surface area contributed by atoms with E-state index in [2.05, 4.69) is 0 Å². The van der Waals surface area contributed by atoms with Gasteiger partial charge in [-0.15, -0.1) is 11.3 Å². The second-order valence-corrected chi connectivity index (χ2v) is 8.16. The summed E-state index contributed by atoms with van der Waals surface area (Å²) in [7, 11) is 0. The molecule has 2 heterocycles. The Morgan fingerprint density at radius 3 is 2.40 bits per heavy atom. The lowest BCUT2D eigenvalue weighted by Crippen LogP contribution is -2.32. The van der Waals surface area contributed by atoms with Gasteiger partial charge in [-0.1, -0.05) is 57.2 Å². The summed E-state index contributed by atoms with van der Waals surface area (Å²) in [6.07, 6.45) is 0. The van der Waals surface area contributed by atoms with Gasteiger partial charge in [0, 0.05) is 16.8 Å². The summed E-state index contributed by atoms with van der Waals surface area (Å²) in [4.78, 5) is 28.1. The van der Waals surface area contributed by atoms with Gasteiger partial charge in [0.2, 0.25) is 0 Å². The van der Waals surface area contributed by atoms with Gasteiger partial charge in [0.1, 0.15) is 0 Å². The molecule has 1 amide bonds. The summed E-state index contributed by atoms with van der Waals surface area (Å²) in [6.45, 7) is 5.73. The summed E-state index contributed by atoms with van der Waals surface area (Å²) >= 11 is 1.48. The molecule has 5 heteroatoms. The van der Waals surface area contributed by atoms with Crippen LogP contribution >= 0.6 is 11.3 Å². The standard InChI is InChI=1S/C20H21NO3S/c1-20(2,3)18(23)15-16(14-10-7-11-25-14)21(19(24)17(15)22)12-13-8-5-4-6-9-13/h4-11,16,22H,12H2,1-3H3. The van der Waals surface area contributed by atoms with Crippen molar-refractivity contribution < 1.29 is 14.7 Å². The maximum Gasteiger partial charge on any atom is 0.290 e. The fourth-order valence-electron chi connectivity index (χ4n) is 2.98. The molecular weight excluding hydrogens is 334 g/mol. The highest BCUT2D eigenvalue weighted by atomic mass is 32.1. The monoisotopic (exact) mass is 355 g/mol. The van der Waals surface area contributed by atoms with Crippen molar-refractivity contribution in [3.63, 3.8) is 0 Å². The van der Waals surface area contributed by atoms with E-state index in [1.165, 1.54) is 11.3 Å². The summed E-state index contributed by atoms with van der Waals surface area (Å²) in [5.41, 5.74) is 0.479. The number of carbonyl (C=O) groups is 2. The van der Waals surface area contributed by atoms with E-state index in [0.29, 0.717) is 6.54 Å². The topological polar surface area (TPSA) is 57.6 Å². The smallest absolute Gasteiger partial charge is 0.290 e. The van der Waals surface area contributed by atoms with Crippen molar-refractivity contribution in [3.8, 4) is 0 Å². The minimum absolute atomic E-state index is 0.202. The molecule has 4 nitrogen and oxygen atoms in total. The van der Waals surface area contributed by atoms with Gasteiger partial charge in [-0.25, -0.2) is 0 Å². The third kappa shape index (κ3) is 3.24. The zero-order chi connectivity index (χ0) is 18.2. The fourth-order valence-corrected chi connectivity index (χ4v) is 3.82. The lowest BCUT2D eigenvalue weighted by atomic mass is 9.83. The lowest BCUT2D eigenvalue weighted by Gasteiger charge is -2.28. The zero-order valence-electron chi connectivity index (χ0n) is 14.5. The number of aliphatic hydroxyl groups is 1. The highest BCUT2D eigenvalue weighted by Crippen LogP contribution is 2.42. The Morgan fingerprint density at radius 2 is 1.84 bits per heavy atom. The molecule has 0 saturated heterocycles. The van der Waals surface area contributed by atoms with Crippen molar-refractivity contribution in [2.75, 3.05) is 0 Å². The van der Waals surface area contributed by atoms with Crippen molar-refractivity contribution in [2.24, 2.45) is 5.41 Å². The molecule has 0 spiro atoms. The number of Topliss-reactive ketones (excluding diaryl/α,β-unsaturated/α-hetero) is 1. The molecule has 1 aliphatic rings. The molecule has 1 atom stereocenters. The molecule has 0 fully saturated rings. The van der Waals surface area contributed by atoms with E-state index in [-0.39, 0.29) is 11.4 Å². The van der Waals surface area contributed by atoms with Crippen LogP contribution in [0.1, 0.15) is 37.3 Å². The number of thiophene rings is 1.